The molecule has 0 spiro atoms. The van der Waals surface area contributed by atoms with Gasteiger partial charge in [-0.3, -0.25) is 4.79 Å². The molecule has 2 rings (SSSR count). The van der Waals surface area contributed by atoms with Gasteiger partial charge in [0.15, 0.2) is 4.67 Å². The molecule has 1 amide bonds. The van der Waals surface area contributed by atoms with Gasteiger partial charge >= 0.3 is 0 Å². The zero-order valence-corrected chi connectivity index (χ0v) is 11.2. The number of hydrogen-bond acceptors (Lipinski definition) is 4. The van der Waals surface area contributed by atoms with Crippen LogP contribution in [-0.2, 0) is 6.54 Å². The summed E-state index contributed by atoms with van der Waals surface area (Å²) in [5.41, 5.74) is 1.38. The van der Waals surface area contributed by atoms with Crippen molar-refractivity contribution in [3.05, 3.63) is 46.5 Å². The SMILES string of the molecule is COc1cc(CNC(=O)c2ccoc2Br)ccn1. The highest BCUT2D eigenvalue weighted by Gasteiger charge is 2.11. The van der Waals surface area contributed by atoms with Crippen molar-refractivity contribution < 1.29 is 13.9 Å². The first-order chi connectivity index (χ1) is 8.70. The molecule has 0 aliphatic carbocycles. The van der Waals surface area contributed by atoms with Crippen LogP contribution in [0, 0.1) is 0 Å². The number of pyridine rings is 1. The highest BCUT2D eigenvalue weighted by molar-refractivity contribution is 9.10. The maximum Gasteiger partial charge on any atom is 0.256 e. The molecule has 1 N–H and O–H groups in total. The van der Waals surface area contributed by atoms with E-state index in [1.54, 1.807) is 25.4 Å². The Kier molecular flexibility index (Phi) is 3.99. The number of furan rings is 1. The second-order valence-corrected chi connectivity index (χ2v) is 4.22. The van der Waals surface area contributed by atoms with Gasteiger partial charge in [0.25, 0.3) is 5.91 Å². The standard InChI is InChI=1S/C12H11BrN2O3/c1-17-10-6-8(2-4-14-10)7-15-12(16)9-3-5-18-11(9)13/h2-6H,7H2,1H3,(H,15,16). The second kappa shape index (κ2) is 5.68. The third kappa shape index (κ3) is 2.89. The number of carbonyl (C=O) groups excluding carboxylic acids is 1. The van der Waals surface area contributed by atoms with E-state index < -0.39 is 0 Å². The number of methoxy groups -OCH3 is 1. The van der Waals surface area contributed by atoms with Gasteiger partial charge in [0.2, 0.25) is 5.88 Å². The van der Waals surface area contributed by atoms with Gasteiger partial charge in [-0.15, -0.1) is 0 Å². The Balaban J connectivity index is 1.99. The number of aromatic nitrogens is 1. The van der Waals surface area contributed by atoms with Crippen LogP contribution in [0.5, 0.6) is 5.88 Å². The maximum absolute atomic E-state index is 11.8. The quantitative estimate of drug-likeness (QED) is 0.941. The van der Waals surface area contributed by atoms with Crippen molar-refractivity contribution in [3.8, 4) is 5.88 Å². The molecule has 6 heteroatoms. The fourth-order valence-electron chi connectivity index (χ4n) is 1.41. The summed E-state index contributed by atoms with van der Waals surface area (Å²) in [7, 11) is 1.55. The summed E-state index contributed by atoms with van der Waals surface area (Å²) in [5.74, 6) is 0.317. The number of nitrogens with one attached hydrogen (secondary N) is 1. The number of nitrogens with zero attached hydrogens (tertiary/aromatic N) is 1. The first-order valence-electron chi connectivity index (χ1n) is 5.21. The van der Waals surface area contributed by atoms with E-state index in [9.17, 15) is 4.79 Å². The number of halogens is 1. The summed E-state index contributed by atoms with van der Waals surface area (Å²) in [6.07, 6.45) is 3.09. The number of rotatable bonds is 4. The van der Waals surface area contributed by atoms with E-state index in [0.717, 1.165) is 5.56 Å². The van der Waals surface area contributed by atoms with Crippen molar-refractivity contribution >= 4 is 21.8 Å². The van der Waals surface area contributed by atoms with Crippen LogP contribution in [0.4, 0.5) is 0 Å². The Hall–Kier alpha value is -1.82. The van der Waals surface area contributed by atoms with Gasteiger partial charge in [0.05, 0.1) is 18.9 Å². The summed E-state index contributed by atoms with van der Waals surface area (Å²) in [5, 5.41) is 2.78. The Labute approximate surface area is 112 Å². The first-order valence-corrected chi connectivity index (χ1v) is 6.00. The van der Waals surface area contributed by atoms with Crippen LogP contribution < -0.4 is 10.1 Å². The van der Waals surface area contributed by atoms with Crippen molar-refractivity contribution in [2.24, 2.45) is 0 Å². The minimum Gasteiger partial charge on any atom is -0.481 e. The van der Waals surface area contributed by atoms with Gasteiger partial charge < -0.3 is 14.5 Å². The second-order valence-electron chi connectivity index (χ2n) is 3.50. The topological polar surface area (TPSA) is 64.4 Å². The van der Waals surface area contributed by atoms with Crippen molar-refractivity contribution in [3.63, 3.8) is 0 Å². The van der Waals surface area contributed by atoms with E-state index in [-0.39, 0.29) is 5.91 Å². The zero-order valence-electron chi connectivity index (χ0n) is 9.64. The van der Waals surface area contributed by atoms with E-state index >= 15 is 0 Å². The largest absolute Gasteiger partial charge is 0.481 e. The molecule has 0 aromatic carbocycles. The van der Waals surface area contributed by atoms with Crippen LogP contribution >= 0.6 is 15.9 Å². The summed E-state index contributed by atoms with van der Waals surface area (Å²) >= 11 is 3.16. The Morgan fingerprint density at radius 2 is 2.39 bits per heavy atom. The highest BCUT2D eigenvalue weighted by Crippen LogP contribution is 2.17. The Bertz CT molecular complexity index is 554. The molecule has 0 unspecified atom stereocenters. The molecule has 0 fully saturated rings. The average molecular weight is 311 g/mol. The monoisotopic (exact) mass is 310 g/mol. The number of hydrogen-bond donors (Lipinski definition) is 1. The van der Waals surface area contributed by atoms with Crippen molar-refractivity contribution in [2.75, 3.05) is 7.11 Å². The molecule has 0 aliphatic heterocycles. The van der Waals surface area contributed by atoms with Gasteiger partial charge in [-0.25, -0.2) is 4.98 Å². The maximum atomic E-state index is 11.8. The predicted octanol–water partition coefficient (Wildman–Crippen LogP) is 2.38. The summed E-state index contributed by atoms with van der Waals surface area (Å²) in [6, 6.07) is 5.18. The first kappa shape index (κ1) is 12.6. The van der Waals surface area contributed by atoms with Crippen molar-refractivity contribution in [1.29, 1.82) is 0 Å². The molecule has 0 radical (unpaired) electrons. The summed E-state index contributed by atoms with van der Waals surface area (Å²) < 4.78 is 10.4. The zero-order chi connectivity index (χ0) is 13.0. The Morgan fingerprint density at radius 1 is 1.56 bits per heavy atom. The molecule has 18 heavy (non-hydrogen) atoms. The normalized spacial score (nSPS) is 10.1. The lowest BCUT2D eigenvalue weighted by molar-refractivity contribution is 0.0949. The molecular weight excluding hydrogens is 300 g/mol. The molecule has 94 valence electrons. The van der Waals surface area contributed by atoms with E-state index in [1.807, 2.05) is 6.07 Å². The van der Waals surface area contributed by atoms with Crippen molar-refractivity contribution in [2.45, 2.75) is 6.54 Å². The molecule has 0 saturated heterocycles. The van der Waals surface area contributed by atoms with Crippen LogP contribution in [0.3, 0.4) is 0 Å². The molecule has 2 aromatic heterocycles. The predicted molar refractivity (Wildman–Crippen MR) is 68.4 cm³/mol. The molecule has 2 aromatic rings. The highest BCUT2D eigenvalue weighted by atomic mass is 79.9. The third-order valence-corrected chi connectivity index (χ3v) is 2.94. The molecule has 0 bridgehead atoms. The van der Waals surface area contributed by atoms with Crippen LogP contribution in [0.1, 0.15) is 15.9 Å². The average Bonchev–Trinajstić information content (AvgIpc) is 2.82. The minimum atomic E-state index is -0.202. The summed E-state index contributed by atoms with van der Waals surface area (Å²) in [4.78, 5) is 15.8. The van der Waals surface area contributed by atoms with Crippen LogP contribution in [-0.4, -0.2) is 18.0 Å². The van der Waals surface area contributed by atoms with Gasteiger partial charge in [0, 0.05) is 18.8 Å². The summed E-state index contributed by atoms with van der Waals surface area (Å²) in [6.45, 7) is 0.398. The molecule has 5 nitrogen and oxygen atoms in total. The molecule has 0 atom stereocenters. The fourth-order valence-corrected chi connectivity index (χ4v) is 1.83. The molecule has 2 heterocycles. The van der Waals surface area contributed by atoms with Crippen LogP contribution in [0.15, 0.2) is 39.7 Å². The van der Waals surface area contributed by atoms with Crippen LogP contribution in [0.25, 0.3) is 0 Å². The van der Waals surface area contributed by atoms with Gasteiger partial charge in [-0.05, 0) is 33.6 Å². The number of amides is 1. The van der Waals surface area contributed by atoms with E-state index in [0.29, 0.717) is 22.7 Å². The van der Waals surface area contributed by atoms with E-state index in [4.69, 9.17) is 9.15 Å². The van der Waals surface area contributed by atoms with Gasteiger partial charge in [0.1, 0.15) is 0 Å². The van der Waals surface area contributed by atoms with E-state index in [2.05, 4.69) is 26.2 Å². The smallest absolute Gasteiger partial charge is 0.256 e. The molecule has 0 aliphatic rings. The van der Waals surface area contributed by atoms with Crippen molar-refractivity contribution in [1.82, 2.24) is 10.3 Å². The lowest BCUT2D eigenvalue weighted by atomic mass is 10.2. The lowest BCUT2D eigenvalue weighted by Crippen LogP contribution is -2.22. The van der Waals surface area contributed by atoms with E-state index in [1.165, 1.54) is 6.26 Å². The van der Waals surface area contributed by atoms with Gasteiger partial charge in [-0.1, -0.05) is 0 Å². The molecule has 0 saturated carbocycles. The fraction of sp³-hybridized carbons (Fsp3) is 0.167. The molecular formula is C12H11BrN2O3. The van der Waals surface area contributed by atoms with Gasteiger partial charge in [-0.2, -0.15) is 0 Å². The Morgan fingerprint density at radius 3 is 3.06 bits per heavy atom. The minimum absolute atomic E-state index is 0.202. The van der Waals surface area contributed by atoms with Crippen LogP contribution in [0.2, 0.25) is 0 Å². The number of carbonyl (C=O) groups is 1. The number of ether oxygens (including phenoxy) is 1. The lowest BCUT2D eigenvalue weighted by Gasteiger charge is -2.05. The third-order valence-electron chi connectivity index (χ3n) is 2.32.